The molecule has 0 aliphatic heterocycles. The van der Waals surface area contributed by atoms with E-state index < -0.39 is 0 Å². The largest absolute Gasteiger partial charge is 0.0836 e. The van der Waals surface area contributed by atoms with Crippen LogP contribution in [0.3, 0.4) is 0 Å². The SMILES string of the molecule is C1=CC(c2cc3c(-c4ccccc4)c4c(-c5ccccc5-c5ccccc5)c5ccccc5c(-c5ccccc5-c5ccccc5)c4c(-c4ccccc4)c3cc2-c2ccccc2)=CCC1. The molecule has 0 radical (unpaired) electrons. The minimum Gasteiger partial charge on any atom is -0.0836 e. The molecule has 0 heteroatoms. The number of allylic oxidation sites excluding steroid dienone is 4. The predicted octanol–water partition coefficient (Wildman–Crippen LogP) is 18.5. The molecular formula is C66H46. The van der Waals surface area contributed by atoms with E-state index in [2.05, 4.69) is 255 Å². The highest BCUT2D eigenvalue weighted by molar-refractivity contribution is 6.35. The number of benzene rings is 11. The average Bonchev–Trinajstić information content (AvgIpc) is 3.40. The molecule has 0 saturated heterocycles. The molecule has 0 nitrogen and oxygen atoms in total. The van der Waals surface area contributed by atoms with E-state index in [4.69, 9.17) is 0 Å². The van der Waals surface area contributed by atoms with Gasteiger partial charge < -0.3 is 0 Å². The molecule has 0 atom stereocenters. The molecule has 66 heavy (non-hydrogen) atoms. The standard InChI is InChI=1S/C66H46/c1-7-25-45(26-8-1)51-37-19-21-39-53(51)63-55-41-23-24-42-56(55)64(54-40-22-20-38-52(54)46-27-9-2-10-28-46)66-62(50-35-17-6-18-36-50)60-44-58(48-31-13-4-14-32-48)57(47-29-11-3-12-30-47)43-59(60)61(65(63)66)49-33-15-5-16-34-49/h1-3,5-13,15-44H,4,14H2. The summed E-state index contributed by atoms with van der Waals surface area (Å²) in [5.74, 6) is 0. The number of rotatable bonds is 8. The van der Waals surface area contributed by atoms with E-state index in [9.17, 15) is 0 Å². The van der Waals surface area contributed by atoms with Gasteiger partial charge in [-0.25, -0.2) is 0 Å². The molecule has 12 rings (SSSR count). The monoisotopic (exact) mass is 838 g/mol. The van der Waals surface area contributed by atoms with Crippen LogP contribution in [0.4, 0.5) is 0 Å². The molecular weight excluding hydrogens is 793 g/mol. The Morgan fingerprint density at radius 2 is 0.591 bits per heavy atom. The Bertz CT molecular complexity index is 3640. The van der Waals surface area contributed by atoms with Crippen LogP contribution in [0.15, 0.2) is 255 Å². The van der Waals surface area contributed by atoms with Gasteiger partial charge in [0, 0.05) is 0 Å². The maximum absolute atomic E-state index is 2.53. The van der Waals surface area contributed by atoms with E-state index in [1.807, 2.05) is 0 Å². The summed E-state index contributed by atoms with van der Waals surface area (Å²) in [4.78, 5) is 0. The highest BCUT2D eigenvalue weighted by atomic mass is 14.3. The third kappa shape index (κ3) is 6.78. The van der Waals surface area contributed by atoms with Crippen molar-refractivity contribution in [2.75, 3.05) is 0 Å². The van der Waals surface area contributed by atoms with Crippen molar-refractivity contribution in [3.05, 3.63) is 260 Å². The zero-order valence-corrected chi connectivity index (χ0v) is 36.7. The van der Waals surface area contributed by atoms with Gasteiger partial charge in [-0.05, 0) is 146 Å². The molecule has 0 fully saturated rings. The molecule has 0 amide bonds. The van der Waals surface area contributed by atoms with Crippen LogP contribution >= 0.6 is 0 Å². The van der Waals surface area contributed by atoms with Gasteiger partial charge in [0.15, 0.2) is 0 Å². The Morgan fingerprint density at radius 1 is 0.242 bits per heavy atom. The van der Waals surface area contributed by atoms with Crippen molar-refractivity contribution in [1.82, 2.24) is 0 Å². The summed E-state index contributed by atoms with van der Waals surface area (Å²) >= 11 is 0. The molecule has 1 aliphatic rings. The Morgan fingerprint density at radius 3 is 1.00 bits per heavy atom. The zero-order valence-electron chi connectivity index (χ0n) is 36.7. The van der Waals surface area contributed by atoms with E-state index in [-0.39, 0.29) is 0 Å². The van der Waals surface area contributed by atoms with E-state index in [0.29, 0.717) is 0 Å². The second kappa shape index (κ2) is 17.0. The summed E-state index contributed by atoms with van der Waals surface area (Å²) in [6.07, 6.45) is 9.19. The van der Waals surface area contributed by atoms with Crippen LogP contribution in [-0.2, 0) is 0 Å². The van der Waals surface area contributed by atoms with E-state index in [1.165, 1.54) is 121 Å². The highest BCUT2D eigenvalue weighted by Gasteiger charge is 2.29. The van der Waals surface area contributed by atoms with Gasteiger partial charge in [0.05, 0.1) is 0 Å². The third-order valence-electron chi connectivity index (χ3n) is 13.5. The van der Waals surface area contributed by atoms with Gasteiger partial charge in [-0.15, -0.1) is 0 Å². The van der Waals surface area contributed by atoms with Crippen LogP contribution < -0.4 is 0 Å². The summed E-state index contributed by atoms with van der Waals surface area (Å²) in [7, 11) is 0. The van der Waals surface area contributed by atoms with Crippen molar-refractivity contribution in [2.45, 2.75) is 12.8 Å². The number of hydrogen-bond acceptors (Lipinski definition) is 0. The van der Waals surface area contributed by atoms with Crippen LogP contribution in [0.5, 0.6) is 0 Å². The van der Waals surface area contributed by atoms with Gasteiger partial charge in [0.25, 0.3) is 0 Å². The Balaban J connectivity index is 1.41. The van der Waals surface area contributed by atoms with Crippen LogP contribution in [0.1, 0.15) is 18.4 Å². The topological polar surface area (TPSA) is 0 Å². The van der Waals surface area contributed by atoms with Crippen molar-refractivity contribution >= 4 is 37.9 Å². The quantitative estimate of drug-likeness (QED) is 0.134. The second-order valence-electron chi connectivity index (χ2n) is 17.3. The van der Waals surface area contributed by atoms with Crippen LogP contribution in [0.25, 0.3) is 116 Å². The Kier molecular flexibility index (Phi) is 10.1. The predicted molar refractivity (Wildman–Crippen MR) is 283 cm³/mol. The van der Waals surface area contributed by atoms with Gasteiger partial charge in [-0.2, -0.15) is 0 Å². The Hall–Kier alpha value is -8.32. The first-order chi connectivity index (χ1) is 32.8. The normalized spacial score (nSPS) is 12.5. The first kappa shape index (κ1) is 39.3. The zero-order chi connectivity index (χ0) is 43.8. The number of hydrogen-bond donors (Lipinski definition) is 0. The molecule has 0 saturated carbocycles. The van der Waals surface area contributed by atoms with Gasteiger partial charge >= 0.3 is 0 Å². The summed E-state index contributed by atoms with van der Waals surface area (Å²) in [5, 5.41) is 7.40. The van der Waals surface area contributed by atoms with Crippen molar-refractivity contribution in [3.63, 3.8) is 0 Å². The Labute approximate surface area is 387 Å². The lowest BCUT2D eigenvalue weighted by atomic mass is 9.75. The van der Waals surface area contributed by atoms with Gasteiger partial charge in [-0.1, -0.05) is 243 Å². The van der Waals surface area contributed by atoms with Crippen molar-refractivity contribution in [1.29, 1.82) is 0 Å². The summed E-state index contributed by atoms with van der Waals surface area (Å²) in [6.45, 7) is 0. The lowest BCUT2D eigenvalue weighted by Crippen LogP contribution is -2.00. The van der Waals surface area contributed by atoms with Gasteiger partial charge in [0.1, 0.15) is 0 Å². The van der Waals surface area contributed by atoms with E-state index in [0.717, 1.165) is 12.8 Å². The smallest absolute Gasteiger partial charge is 0.000116 e. The minimum atomic E-state index is 1.02. The van der Waals surface area contributed by atoms with Crippen LogP contribution in [0, 0.1) is 0 Å². The van der Waals surface area contributed by atoms with Crippen molar-refractivity contribution < 1.29 is 0 Å². The second-order valence-corrected chi connectivity index (χ2v) is 17.3. The minimum absolute atomic E-state index is 1.02. The van der Waals surface area contributed by atoms with E-state index in [1.54, 1.807) is 0 Å². The molecule has 0 spiro atoms. The molecule has 0 bridgehead atoms. The molecule has 11 aromatic rings. The van der Waals surface area contributed by atoms with Crippen LogP contribution in [0.2, 0.25) is 0 Å². The molecule has 1 aliphatic carbocycles. The fourth-order valence-electron chi connectivity index (χ4n) is 10.6. The van der Waals surface area contributed by atoms with E-state index >= 15 is 0 Å². The first-order valence-electron chi connectivity index (χ1n) is 23.2. The fraction of sp³-hybridized carbons (Fsp3) is 0.0303. The number of fused-ring (bicyclic) bond motifs is 3. The molecule has 0 unspecified atom stereocenters. The molecule has 0 heterocycles. The fourth-order valence-corrected chi connectivity index (χ4v) is 10.6. The summed E-state index contributed by atoms with van der Waals surface area (Å²) in [6, 6.07) is 87.6. The van der Waals surface area contributed by atoms with Gasteiger partial charge in [-0.3, -0.25) is 0 Å². The molecule has 11 aromatic carbocycles. The molecule has 0 aromatic heterocycles. The maximum atomic E-state index is 2.53. The third-order valence-corrected chi connectivity index (χ3v) is 13.5. The van der Waals surface area contributed by atoms with Gasteiger partial charge in [0.2, 0.25) is 0 Å². The lowest BCUT2D eigenvalue weighted by Gasteiger charge is -2.27. The summed E-state index contributed by atoms with van der Waals surface area (Å²) in [5.41, 5.74) is 19.5. The molecule has 0 N–H and O–H groups in total. The highest BCUT2D eigenvalue weighted by Crippen LogP contribution is 2.56. The average molecular weight is 839 g/mol. The molecule has 310 valence electrons. The van der Waals surface area contributed by atoms with Crippen molar-refractivity contribution in [2.24, 2.45) is 0 Å². The lowest BCUT2D eigenvalue weighted by molar-refractivity contribution is 1.04. The summed E-state index contributed by atoms with van der Waals surface area (Å²) < 4.78 is 0. The first-order valence-corrected chi connectivity index (χ1v) is 23.2. The van der Waals surface area contributed by atoms with Crippen LogP contribution in [-0.4, -0.2) is 0 Å². The maximum Gasteiger partial charge on any atom is -0.000116 e. The van der Waals surface area contributed by atoms with Crippen molar-refractivity contribution in [3.8, 4) is 77.9 Å².